The molecule has 4 rings (SSSR count). The van der Waals surface area contributed by atoms with E-state index in [1.807, 2.05) is 0 Å². The smallest absolute Gasteiger partial charge is 0.234 e. The highest BCUT2D eigenvalue weighted by molar-refractivity contribution is 7.10. The maximum atomic E-state index is 12.9. The number of nitrogens with zero attached hydrogens (tertiary/aromatic N) is 1. The van der Waals surface area contributed by atoms with E-state index in [1.54, 1.807) is 11.3 Å². The van der Waals surface area contributed by atoms with Gasteiger partial charge >= 0.3 is 0 Å². The highest BCUT2D eigenvalue weighted by Crippen LogP contribution is 2.52. The highest BCUT2D eigenvalue weighted by atomic mass is 32.1. The summed E-state index contributed by atoms with van der Waals surface area (Å²) in [5.41, 5.74) is 1.20. The number of rotatable bonds is 3. The molecule has 1 atom stereocenters. The first-order valence-electron chi connectivity index (χ1n) is 7.68. The molecule has 1 aromatic heterocycles. The topological polar surface area (TPSA) is 20.3 Å². The molecule has 1 saturated carbocycles. The van der Waals surface area contributed by atoms with E-state index in [-0.39, 0.29) is 5.41 Å². The second kappa shape index (κ2) is 4.99. The Morgan fingerprint density at radius 2 is 1.95 bits per heavy atom. The summed E-state index contributed by atoms with van der Waals surface area (Å²) in [6.07, 6.45) is 3.15. The first-order valence-corrected chi connectivity index (χ1v) is 8.56. The molecule has 1 amide bonds. The fourth-order valence-electron chi connectivity index (χ4n) is 3.49. The Hall–Kier alpha value is -1.61. The molecule has 2 aliphatic rings. The third kappa shape index (κ3) is 2.20. The third-order valence-electron chi connectivity index (χ3n) is 4.90. The maximum absolute atomic E-state index is 12.9. The van der Waals surface area contributed by atoms with Crippen molar-refractivity contribution in [1.29, 1.82) is 0 Å². The van der Waals surface area contributed by atoms with Crippen molar-refractivity contribution in [2.24, 2.45) is 0 Å². The van der Waals surface area contributed by atoms with Crippen molar-refractivity contribution in [3.8, 4) is 0 Å². The zero-order chi connectivity index (χ0) is 14.3. The molecule has 0 bridgehead atoms. The molecule has 2 nitrogen and oxygen atoms in total. The van der Waals surface area contributed by atoms with Crippen molar-refractivity contribution in [3.63, 3.8) is 0 Å². The minimum Gasteiger partial charge on any atom is -0.341 e. The Labute approximate surface area is 129 Å². The van der Waals surface area contributed by atoms with Gasteiger partial charge in [0.25, 0.3) is 0 Å². The van der Waals surface area contributed by atoms with Crippen LogP contribution in [0.4, 0.5) is 0 Å². The molecule has 0 N–H and O–H groups in total. The molecule has 1 aliphatic carbocycles. The van der Waals surface area contributed by atoms with Gasteiger partial charge in [-0.1, -0.05) is 36.4 Å². The Morgan fingerprint density at radius 3 is 2.62 bits per heavy atom. The van der Waals surface area contributed by atoms with Crippen LogP contribution in [0.5, 0.6) is 0 Å². The maximum Gasteiger partial charge on any atom is 0.234 e. The number of hydrogen-bond acceptors (Lipinski definition) is 2. The average Bonchev–Trinajstić information content (AvgIpc) is 2.97. The molecule has 3 heteroatoms. The number of benzene rings is 1. The lowest BCUT2D eigenvalue weighted by Crippen LogP contribution is -2.37. The summed E-state index contributed by atoms with van der Waals surface area (Å²) in [5, 5.41) is 2.08. The van der Waals surface area contributed by atoms with Crippen LogP contribution < -0.4 is 0 Å². The molecule has 0 radical (unpaired) electrons. The van der Waals surface area contributed by atoms with Gasteiger partial charge in [0.15, 0.2) is 0 Å². The first kappa shape index (κ1) is 13.1. The summed E-state index contributed by atoms with van der Waals surface area (Å²) in [6, 6.07) is 14.8. The Morgan fingerprint density at radius 1 is 1.14 bits per heavy atom. The van der Waals surface area contributed by atoms with E-state index in [0.717, 1.165) is 32.4 Å². The van der Waals surface area contributed by atoms with E-state index in [2.05, 4.69) is 52.7 Å². The van der Waals surface area contributed by atoms with Crippen LogP contribution in [-0.2, 0) is 10.2 Å². The normalized spacial score (nSPS) is 23.2. The number of carbonyl (C=O) groups excluding carboxylic acids is 1. The highest BCUT2D eigenvalue weighted by Gasteiger charge is 2.54. The molecule has 1 aromatic carbocycles. The number of hydrogen-bond donors (Lipinski definition) is 0. The zero-order valence-electron chi connectivity index (χ0n) is 12.0. The van der Waals surface area contributed by atoms with E-state index in [4.69, 9.17) is 0 Å². The van der Waals surface area contributed by atoms with Gasteiger partial charge in [0.2, 0.25) is 5.91 Å². The fraction of sp³-hybridized carbons (Fsp3) is 0.389. The summed E-state index contributed by atoms with van der Waals surface area (Å²) in [5.74, 6) is 0.873. The largest absolute Gasteiger partial charge is 0.341 e. The average molecular weight is 297 g/mol. The fourth-order valence-corrected chi connectivity index (χ4v) is 4.46. The molecule has 108 valence electrons. The standard InChI is InChI=1S/C18H19NOS/c20-17(18(9-10-18)16-7-4-12-21-16)19-11-8-15(13-19)14-5-2-1-3-6-14/h1-7,12,15H,8-11,13H2. The lowest BCUT2D eigenvalue weighted by Gasteiger charge is -2.22. The van der Waals surface area contributed by atoms with Crippen LogP contribution in [0.2, 0.25) is 0 Å². The predicted molar refractivity (Wildman–Crippen MR) is 85.6 cm³/mol. The molecular weight excluding hydrogens is 278 g/mol. The Bertz CT molecular complexity index is 631. The van der Waals surface area contributed by atoms with Crippen LogP contribution in [0.3, 0.4) is 0 Å². The van der Waals surface area contributed by atoms with Crippen molar-refractivity contribution in [2.45, 2.75) is 30.6 Å². The second-order valence-electron chi connectivity index (χ2n) is 6.21. The minimum atomic E-state index is -0.167. The van der Waals surface area contributed by atoms with Crippen molar-refractivity contribution >= 4 is 17.2 Å². The number of likely N-dealkylation sites (tertiary alicyclic amines) is 1. The van der Waals surface area contributed by atoms with Crippen LogP contribution in [0.15, 0.2) is 47.8 Å². The summed E-state index contributed by atoms with van der Waals surface area (Å²) in [6.45, 7) is 1.79. The lowest BCUT2D eigenvalue weighted by molar-refractivity contribution is -0.132. The monoisotopic (exact) mass is 297 g/mol. The van der Waals surface area contributed by atoms with E-state index in [9.17, 15) is 4.79 Å². The molecule has 2 heterocycles. The summed E-state index contributed by atoms with van der Waals surface area (Å²) in [7, 11) is 0. The molecule has 2 fully saturated rings. The van der Waals surface area contributed by atoms with Gasteiger partial charge < -0.3 is 4.90 Å². The summed E-state index contributed by atoms with van der Waals surface area (Å²) >= 11 is 1.73. The minimum absolute atomic E-state index is 0.167. The van der Waals surface area contributed by atoms with Gasteiger partial charge in [-0.2, -0.15) is 0 Å². The van der Waals surface area contributed by atoms with Crippen LogP contribution in [0, 0.1) is 0 Å². The zero-order valence-corrected chi connectivity index (χ0v) is 12.8. The van der Waals surface area contributed by atoms with E-state index in [0.29, 0.717) is 11.8 Å². The number of carbonyl (C=O) groups is 1. The van der Waals surface area contributed by atoms with Crippen molar-refractivity contribution < 1.29 is 4.79 Å². The van der Waals surface area contributed by atoms with Crippen LogP contribution in [-0.4, -0.2) is 23.9 Å². The van der Waals surface area contributed by atoms with E-state index in [1.165, 1.54) is 10.4 Å². The molecule has 0 spiro atoms. The van der Waals surface area contributed by atoms with Gasteiger partial charge in [-0.3, -0.25) is 4.79 Å². The van der Waals surface area contributed by atoms with E-state index < -0.39 is 0 Å². The molecular formula is C18H19NOS. The summed E-state index contributed by atoms with van der Waals surface area (Å²) in [4.78, 5) is 16.3. The van der Waals surface area contributed by atoms with Crippen molar-refractivity contribution in [1.82, 2.24) is 4.90 Å². The molecule has 1 unspecified atom stereocenters. The van der Waals surface area contributed by atoms with Gasteiger partial charge in [0.1, 0.15) is 0 Å². The Balaban J connectivity index is 1.50. The number of thiophene rings is 1. The van der Waals surface area contributed by atoms with Crippen molar-refractivity contribution in [2.75, 3.05) is 13.1 Å². The van der Waals surface area contributed by atoms with Gasteiger partial charge in [0.05, 0.1) is 5.41 Å². The first-order chi connectivity index (χ1) is 10.3. The van der Waals surface area contributed by atoms with Gasteiger partial charge in [0, 0.05) is 23.9 Å². The SMILES string of the molecule is O=C(N1CCC(c2ccccc2)C1)C1(c2cccs2)CC1. The van der Waals surface area contributed by atoms with E-state index >= 15 is 0 Å². The Kier molecular flexibility index (Phi) is 3.11. The third-order valence-corrected chi connectivity index (χ3v) is 5.97. The van der Waals surface area contributed by atoms with Gasteiger partial charge in [-0.05, 0) is 36.3 Å². The lowest BCUT2D eigenvalue weighted by atomic mass is 9.98. The van der Waals surface area contributed by atoms with Crippen LogP contribution in [0.1, 0.15) is 35.6 Å². The molecule has 2 aromatic rings. The molecule has 21 heavy (non-hydrogen) atoms. The van der Waals surface area contributed by atoms with Crippen LogP contribution >= 0.6 is 11.3 Å². The molecule has 1 aliphatic heterocycles. The summed E-state index contributed by atoms with van der Waals surface area (Å²) < 4.78 is 0. The predicted octanol–water partition coefficient (Wildman–Crippen LogP) is 3.80. The van der Waals surface area contributed by atoms with Gasteiger partial charge in [-0.25, -0.2) is 0 Å². The second-order valence-corrected chi connectivity index (χ2v) is 7.15. The number of amides is 1. The van der Waals surface area contributed by atoms with Crippen LogP contribution in [0.25, 0.3) is 0 Å². The van der Waals surface area contributed by atoms with Gasteiger partial charge in [-0.15, -0.1) is 11.3 Å². The van der Waals surface area contributed by atoms with Crippen molar-refractivity contribution in [3.05, 3.63) is 58.3 Å². The quantitative estimate of drug-likeness (QED) is 0.844. The molecule has 1 saturated heterocycles.